The number of hydrogen-bond acceptors (Lipinski definition) is 0. The van der Waals surface area contributed by atoms with Gasteiger partial charge in [0.2, 0.25) is 0 Å². The van der Waals surface area contributed by atoms with Crippen molar-refractivity contribution in [1.29, 1.82) is 0 Å². The second-order valence-corrected chi connectivity index (χ2v) is 4.28. The van der Waals surface area contributed by atoms with Crippen LogP contribution in [0.3, 0.4) is 0 Å². The van der Waals surface area contributed by atoms with E-state index in [2.05, 4.69) is 22.9 Å². The molecule has 0 amide bonds. The molecule has 0 N–H and O–H groups in total. The summed E-state index contributed by atoms with van der Waals surface area (Å²) in [5.74, 6) is 1.11. The summed E-state index contributed by atoms with van der Waals surface area (Å²) in [5.41, 5.74) is 0. The van der Waals surface area contributed by atoms with Gasteiger partial charge in [0.25, 0.3) is 0 Å². The predicted molar refractivity (Wildman–Crippen MR) is 88.9 cm³/mol. The van der Waals surface area contributed by atoms with Gasteiger partial charge in [-0.15, -0.1) is 0 Å². The van der Waals surface area contributed by atoms with Crippen molar-refractivity contribution < 1.29 is 26.2 Å². The zero-order chi connectivity index (χ0) is 13.9. The van der Waals surface area contributed by atoms with Gasteiger partial charge in [0.1, 0.15) is 0 Å². The Balaban J connectivity index is -0.0000000514. The fourth-order valence-corrected chi connectivity index (χ4v) is 1.71. The minimum atomic E-state index is 0. The molecule has 1 rings (SSSR count). The van der Waals surface area contributed by atoms with Gasteiger partial charge in [-0.2, -0.15) is 42.3 Å². The van der Waals surface area contributed by atoms with Gasteiger partial charge in [0.15, 0.2) is 0 Å². The Morgan fingerprint density at radius 3 is 1.26 bits per heavy atom. The summed E-state index contributed by atoms with van der Waals surface area (Å²) >= 11 is 0. The molecule has 0 aromatic rings. The van der Waals surface area contributed by atoms with E-state index in [1.807, 2.05) is 0 Å². The summed E-state index contributed by atoms with van der Waals surface area (Å²) in [5, 5.41) is 10.5. The summed E-state index contributed by atoms with van der Waals surface area (Å²) in [7, 11) is 10.5. The van der Waals surface area contributed by atoms with E-state index in [0.717, 1.165) is 5.92 Å². The molecule has 0 spiro atoms. The summed E-state index contributed by atoms with van der Waals surface area (Å²) in [6.45, 7) is 2.29. The molecule has 3 nitrogen and oxygen atoms in total. The van der Waals surface area contributed by atoms with Crippen LogP contribution < -0.4 is 0 Å². The van der Waals surface area contributed by atoms with Crippen LogP contribution in [-0.4, -0.2) is 42.3 Å². The quantitative estimate of drug-likeness (QED) is 0.608. The number of hydrogen-bond donors (Lipinski definition) is 0. The molecule has 0 bridgehead atoms. The van der Waals surface area contributed by atoms with Crippen LogP contribution >= 0.6 is 0 Å². The van der Waals surface area contributed by atoms with Gasteiger partial charge in [-0.25, -0.2) is 0 Å². The van der Waals surface area contributed by atoms with E-state index in [9.17, 15) is 0 Å². The van der Waals surface area contributed by atoms with Crippen LogP contribution in [0, 0.1) is 13.3 Å². The fraction of sp³-hybridized carbons (Fsp3) is 0.933. The molecule has 0 atom stereocenters. The van der Waals surface area contributed by atoms with Gasteiger partial charge < -0.3 is 23.4 Å². The number of nitrogens with zero attached hydrogens (tertiary/aromatic N) is 3. The normalized spacial score (nSPS) is 12.2. The molecule has 0 unspecified atom stereocenters. The molecule has 1 aliphatic rings. The van der Waals surface area contributed by atoms with Crippen LogP contribution in [0.15, 0.2) is 0 Å². The van der Waals surface area contributed by atoms with Crippen LogP contribution in [0.4, 0.5) is 0 Å². The van der Waals surface area contributed by atoms with Gasteiger partial charge in [-0.05, 0) is 5.92 Å². The molecule has 0 heterocycles. The maximum absolute atomic E-state index is 3.50. The van der Waals surface area contributed by atoms with Gasteiger partial charge in [0.05, 0.1) is 0 Å². The fourth-order valence-electron chi connectivity index (χ4n) is 1.71. The van der Waals surface area contributed by atoms with Crippen molar-refractivity contribution in [1.82, 2.24) is 0 Å². The molecular formula is C15H37N3Zr. The standard InChI is InChI=1S/C8H16.3C2H6N.CH3.Zr/c1-2-5-8-6-3-4-7-8;3*1-3-2;;/h8H,2-7H2,1H3;3*1-2H3;1H3;/q;4*-1;+4. The van der Waals surface area contributed by atoms with Crippen LogP contribution in [0.1, 0.15) is 45.4 Å². The van der Waals surface area contributed by atoms with Crippen molar-refractivity contribution in [3.63, 3.8) is 0 Å². The smallest absolute Gasteiger partial charge is 0.668 e. The Morgan fingerprint density at radius 1 is 0.789 bits per heavy atom. The summed E-state index contributed by atoms with van der Waals surface area (Å²) in [6.07, 6.45) is 8.93. The molecule has 0 saturated heterocycles. The molecule has 1 aliphatic carbocycles. The first-order valence-corrected chi connectivity index (χ1v) is 6.62. The average molecular weight is 351 g/mol. The average Bonchev–Trinajstić information content (AvgIpc) is 2.75. The SMILES string of the molecule is CCCC1CCCC1.C[N-]C.C[N-]C.C[N-]C.[CH3-].[Zr+4]. The third-order valence-corrected chi connectivity index (χ3v) is 2.17. The van der Waals surface area contributed by atoms with Gasteiger partial charge >= 0.3 is 26.2 Å². The van der Waals surface area contributed by atoms with E-state index >= 15 is 0 Å². The van der Waals surface area contributed by atoms with Crippen LogP contribution in [-0.2, 0) is 26.2 Å². The zero-order valence-electron chi connectivity index (χ0n) is 14.7. The maximum atomic E-state index is 3.50. The molecule has 4 heteroatoms. The van der Waals surface area contributed by atoms with Crippen molar-refractivity contribution in [2.24, 2.45) is 5.92 Å². The van der Waals surface area contributed by atoms with Crippen LogP contribution in [0.25, 0.3) is 16.0 Å². The first-order valence-electron chi connectivity index (χ1n) is 6.62. The monoisotopic (exact) mass is 349 g/mol. The van der Waals surface area contributed by atoms with E-state index in [-0.39, 0.29) is 33.6 Å². The van der Waals surface area contributed by atoms with Crippen molar-refractivity contribution >= 4 is 0 Å². The molecule has 0 radical (unpaired) electrons. The molecule has 116 valence electrons. The summed E-state index contributed by atoms with van der Waals surface area (Å²) in [6, 6.07) is 0. The third kappa shape index (κ3) is 45.5. The van der Waals surface area contributed by atoms with Gasteiger partial charge in [-0.3, -0.25) is 0 Å². The second-order valence-electron chi connectivity index (χ2n) is 4.28. The second kappa shape index (κ2) is 36.3. The predicted octanol–water partition coefficient (Wildman–Crippen LogP) is 5.28. The Bertz CT molecular complexity index is 92.6. The Labute approximate surface area is 143 Å². The van der Waals surface area contributed by atoms with Crippen LogP contribution in [0.5, 0.6) is 0 Å². The molecule has 0 aromatic carbocycles. The van der Waals surface area contributed by atoms with E-state index in [0.29, 0.717) is 0 Å². The largest absolute Gasteiger partial charge is 4.00 e. The minimum Gasteiger partial charge on any atom is -0.668 e. The molecular weight excluding hydrogens is 313 g/mol. The first kappa shape index (κ1) is 31.9. The Hall–Kier alpha value is 0.763. The van der Waals surface area contributed by atoms with E-state index in [1.54, 1.807) is 42.3 Å². The summed E-state index contributed by atoms with van der Waals surface area (Å²) in [4.78, 5) is 0. The molecule has 0 aromatic heterocycles. The maximum Gasteiger partial charge on any atom is 4.00 e. The Morgan fingerprint density at radius 2 is 1.05 bits per heavy atom. The molecule has 1 fully saturated rings. The topological polar surface area (TPSA) is 42.3 Å². The van der Waals surface area contributed by atoms with E-state index in [1.165, 1.54) is 38.5 Å². The van der Waals surface area contributed by atoms with Crippen LogP contribution in [0.2, 0.25) is 0 Å². The van der Waals surface area contributed by atoms with Crippen molar-refractivity contribution in [3.8, 4) is 0 Å². The first-order chi connectivity index (χ1) is 8.17. The van der Waals surface area contributed by atoms with Crippen molar-refractivity contribution in [2.45, 2.75) is 45.4 Å². The third-order valence-electron chi connectivity index (χ3n) is 2.17. The molecule has 0 aliphatic heterocycles. The van der Waals surface area contributed by atoms with E-state index < -0.39 is 0 Å². The minimum absolute atomic E-state index is 0. The van der Waals surface area contributed by atoms with Gasteiger partial charge in [0, 0.05) is 0 Å². The van der Waals surface area contributed by atoms with Gasteiger partial charge in [-0.1, -0.05) is 45.4 Å². The Kier molecular flexibility index (Phi) is 61.1. The van der Waals surface area contributed by atoms with Crippen molar-refractivity contribution in [2.75, 3.05) is 42.3 Å². The van der Waals surface area contributed by atoms with Crippen molar-refractivity contribution in [3.05, 3.63) is 23.4 Å². The van der Waals surface area contributed by atoms with E-state index in [4.69, 9.17) is 0 Å². The summed E-state index contributed by atoms with van der Waals surface area (Å²) < 4.78 is 0. The molecule has 19 heavy (non-hydrogen) atoms. The molecule has 1 saturated carbocycles. The zero-order valence-corrected chi connectivity index (χ0v) is 17.1. The number of rotatable bonds is 2.